The van der Waals surface area contributed by atoms with E-state index in [2.05, 4.69) is 10.1 Å². The number of carboxylic acid groups (broad SMARTS) is 1. The Balaban J connectivity index is 2.07. The van der Waals surface area contributed by atoms with Crippen LogP contribution in [0.1, 0.15) is 40.5 Å². The minimum atomic E-state index is -0.985. The number of nitrogens with zero attached hydrogens (tertiary/aromatic N) is 3. The molecule has 1 saturated carbocycles. The maximum Gasteiger partial charge on any atom is 0.339 e. The van der Waals surface area contributed by atoms with Gasteiger partial charge in [-0.15, -0.1) is 0 Å². The van der Waals surface area contributed by atoms with Crippen LogP contribution < -0.4 is 0 Å². The zero-order valence-corrected chi connectivity index (χ0v) is 10.00. The highest BCUT2D eigenvalue weighted by atomic mass is 16.4. The number of carboxylic acids is 1. The first kappa shape index (κ1) is 11.0. The molecule has 0 atom stereocenters. The number of aryl methyl sites for hydroxylation is 1. The molecular weight excluding hydrogens is 230 g/mol. The van der Waals surface area contributed by atoms with Gasteiger partial charge in [-0.2, -0.15) is 5.10 Å². The molecule has 92 valence electrons. The van der Waals surface area contributed by atoms with Crippen LogP contribution >= 0.6 is 0 Å². The molecule has 2 aromatic heterocycles. The second-order valence-electron chi connectivity index (χ2n) is 4.61. The number of hydrogen-bond donors (Lipinski definition) is 1. The molecule has 1 aliphatic carbocycles. The van der Waals surface area contributed by atoms with E-state index in [-0.39, 0.29) is 5.56 Å². The van der Waals surface area contributed by atoms with Crippen LogP contribution in [0.15, 0.2) is 24.5 Å². The molecule has 0 radical (unpaired) electrons. The molecule has 2 heterocycles. The summed E-state index contributed by atoms with van der Waals surface area (Å²) in [6, 6.07) is 3.70. The van der Waals surface area contributed by atoms with Gasteiger partial charge in [-0.1, -0.05) is 0 Å². The van der Waals surface area contributed by atoms with Crippen molar-refractivity contribution < 1.29 is 9.90 Å². The first-order chi connectivity index (χ1) is 8.65. The molecule has 0 aliphatic heterocycles. The van der Waals surface area contributed by atoms with Crippen LogP contribution in [-0.2, 0) is 0 Å². The Morgan fingerprint density at radius 2 is 2.28 bits per heavy atom. The first-order valence-electron chi connectivity index (χ1n) is 5.91. The molecule has 0 saturated heterocycles. The molecule has 18 heavy (non-hydrogen) atoms. The van der Waals surface area contributed by atoms with Crippen molar-refractivity contribution in [2.45, 2.75) is 25.7 Å². The Hall–Kier alpha value is -2.17. The van der Waals surface area contributed by atoms with Gasteiger partial charge in [-0.05, 0) is 31.9 Å². The molecule has 0 spiro atoms. The highest BCUT2D eigenvalue weighted by Gasteiger charge is 2.26. The summed E-state index contributed by atoms with van der Waals surface area (Å²) in [6.45, 7) is 1.83. The van der Waals surface area contributed by atoms with Crippen LogP contribution in [0.25, 0.3) is 5.69 Å². The molecule has 0 unspecified atom stereocenters. The molecule has 0 amide bonds. The summed E-state index contributed by atoms with van der Waals surface area (Å²) in [6.07, 6.45) is 5.55. The van der Waals surface area contributed by atoms with Crippen molar-refractivity contribution in [3.63, 3.8) is 0 Å². The second-order valence-corrected chi connectivity index (χ2v) is 4.61. The number of rotatable bonds is 3. The summed E-state index contributed by atoms with van der Waals surface area (Å²) in [7, 11) is 0. The van der Waals surface area contributed by atoms with E-state index < -0.39 is 5.97 Å². The standard InChI is InChI=1S/C13H13N3O2/c1-8-6-12(10(7-14-8)13(17)18)16-5-4-11(15-16)9-2-3-9/h4-7,9H,2-3H2,1H3,(H,17,18). The summed E-state index contributed by atoms with van der Waals surface area (Å²) in [4.78, 5) is 15.2. The van der Waals surface area contributed by atoms with E-state index in [1.54, 1.807) is 10.7 Å². The van der Waals surface area contributed by atoms with E-state index in [1.165, 1.54) is 19.0 Å². The van der Waals surface area contributed by atoms with Gasteiger partial charge in [0.15, 0.2) is 0 Å². The smallest absolute Gasteiger partial charge is 0.339 e. The maximum absolute atomic E-state index is 11.2. The van der Waals surface area contributed by atoms with Crippen molar-refractivity contribution in [3.8, 4) is 5.69 Å². The fourth-order valence-electron chi connectivity index (χ4n) is 1.97. The maximum atomic E-state index is 11.2. The molecule has 2 aromatic rings. The number of pyridine rings is 1. The SMILES string of the molecule is Cc1cc(-n2ccc(C3CC3)n2)c(C(=O)O)cn1. The lowest BCUT2D eigenvalue weighted by Crippen LogP contribution is -2.07. The van der Waals surface area contributed by atoms with Crippen molar-refractivity contribution in [2.75, 3.05) is 0 Å². The molecular formula is C13H13N3O2. The van der Waals surface area contributed by atoms with Crippen LogP contribution in [0.5, 0.6) is 0 Å². The van der Waals surface area contributed by atoms with Crippen molar-refractivity contribution in [1.82, 2.24) is 14.8 Å². The van der Waals surface area contributed by atoms with E-state index in [4.69, 9.17) is 5.11 Å². The summed E-state index contributed by atoms with van der Waals surface area (Å²) < 4.78 is 1.63. The van der Waals surface area contributed by atoms with E-state index >= 15 is 0 Å². The molecule has 0 aromatic carbocycles. The summed E-state index contributed by atoms with van der Waals surface area (Å²) in [5.74, 6) is -0.427. The monoisotopic (exact) mass is 243 g/mol. The van der Waals surface area contributed by atoms with Crippen molar-refractivity contribution in [1.29, 1.82) is 0 Å². The fourth-order valence-corrected chi connectivity index (χ4v) is 1.97. The Bertz CT molecular complexity index is 614. The van der Waals surface area contributed by atoms with Gasteiger partial charge in [0.2, 0.25) is 0 Å². The molecule has 1 aliphatic rings. The lowest BCUT2D eigenvalue weighted by atomic mass is 10.2. The Morgan fingerprint density at radius 3 is 2.94 bits per heavy atom. The predicted octanol–water partition coefficient (Wildman–Crippen LogP) is 2.15. The average molecular weight is 243 g/mol. The van der Waals surface area contributed by atoms with E-state index in [1.807, 2.05) is 19.2 Å². The Kier molecular flexibility index (Phi) is 2.40. The predicted molar refractivity (Wildman–Crippen MR) is 65.0 cm³/mol. The number of aromatic nitrogens is 3. The highest BCUT2D eigenvalue weighted by molar-refractivity contribution is 5.91. The molecule has 5 nitrogen and oxygen atoms in total. The molecule has 3 rings (SSSR count). The van der Waals surface area contributed by atoms with Gasteiger partial charge in [0.1, 0.15) is 5.56 Å². The van der Waals surface area contributed by atoms with E-state index in [0.29, 0.717) is 11.6 Å². The molecule has 1 N–H and O–H groups in total. The topological polar surface area (TPSA) is 68.0 Å². The molecule has 0 bridgehead atoms. The lowest BCUT2D eigenvalue weighted by molar-refractivity contribution is 0.0696. The average Bonchev–Trinajstić information content (AvgIpc) is 3.07. The summed E-state index contributed by atoms with van der Waals surface area (Å²) in [5.41, 5.74) is 2.56. The fraction of sp³-hybridized carbons (Fsp3) is 0.308. The third kappa shape index (κ3) is 1.88. The van der Waals surface area contributed by atoms with Crippen LogP contribution in [0.4, 0.5) is 0 Å². The largest absolute Gasteiger partial charge is 0.478 e. The zero-order chi connectivity index (χ0) is 12.7. The van der Waals surface area contributed by atoms with Crippen LogP contribution in [0.3, 0.4) is 0 Å². The van der Waals surface area contributed by atoms with Crippen molar-refractivity contribution >= 4 is 5.97 Å². The summed E-state index contributed by atoms with van der Waals surface area (Å²) >= 11 is 0. The van der Waals surface area contributed by atoms with Gasteiger partial charge in [0, 0.05) is 24.0 Å². The van der Waals surface area contributed by atoms with Crippen LogP contribution in [0.2, 0.25) is 0 Å². The zero-order valence-electron chi connectivity index (χ0n) is 10.00. The number of aromatic carboxylic acids is 1. The Morgan fingerprint density at radius 1 is 1.50 bits per heavy atom. The third-order valence-corrected chi connectivity index (χ3v) is 3.10. The van der Waals surface area contributed by atoms with E-state index in [0.717, 1.165) is 11.4 Å². The minimum Gasteiger partial charge on any atom is -0.478 e. The van der Waals surface area contributed by atoms with Crippen LogP contribution in [0, 0.1) is 6.92 Å². The normalized spacial score (nSPS) is 14.7. The van der Waals surface area contributed by atoms with Gasteiger partial charge >= 0.3 is 5.97 Å². The highest BCUT2D eigenvalue weighted by Crippen LogP contribution is 2.39. The number of carbonyl (C=O) groups is 1. The van der Waals surface area contributed by atoms with Crippen LogP contribution in [-0.4, -0.2) is 25.8 Å². The second kappa shape index (κ2) is 3.94. The molecule has 1 fully saturated rings. The van der Waals surface area contributed by atoms with Gasteiger partial charge < -0.3 is 5.11 Å². The van der Waals surface area contributed by atoms with Crippen molar-refractivity contribution in [2.24, 2.45) is 0 Å². The third-order valence-electron chi connectivity index (χ3n) is 3.10. The summed E-state index contributed by atoms with van der Waals surface area (Å²) in [5, 5.41) is 13.6. The first-order valence-corrected chi connectivity index (χ1v) is 5.91. The quantitative estimate of drug-likeness (QED) is 0.896. The van der Waals surface area contributed by atoms with Gasteiger partial charge in [0.05, 0.1) is 11.4 Å². The Labute approximate surface area is 104 Å². The van der Waals surface area contributed by atoms with Gasteiger partial charge in [-0.3, -0.25) is 4.98 Å². The van der Waals surface area contributed by atoms with Gasteiger partial charge in [-0.25, -0.2) is 9.48 Å². The lowest BCUT2D eigenvalue weighted by Gasteiger charge is -2.06. The molecule has 5 heteroatoms. The van der Waals surface area contributed by atoms with Crippen molar-refractivity contribution in [3.05, 3.63) is 41.5 Å². The van der Waals surface area contributed by atoms with E-state index in [9.17, 15) is 4.79 Å². The number of hydrogen-bond acceptors (Lipinski definition) is 3. The minimum absolute atomic E-state index is 0.172. The van der Waals surface area contributed by atoms with Gasteiger partial charge in [0.25, 0.3) is 0 Å².